The number of carbonyl (C=O) groups is 1. The number of aliphatic carboxylic acids is 1. The number of hydrogen-bond acceptors (Lipinski definition) is 2. The summed E-state index contributed by atoms with van der Waals surface area (Å²) in [7, 11) is 0. The van der Waals surface area contributed by atoms with Gasteiger partial charge in [-0.05, 0) is 33.5 Å². The van der Waals surface area contributed by atoms with Gasteiger partial charge >= 0.3 is 5.97 Å². The van der Waals surface area contributed by atoms with Crippen molar-refractivity contribution in [3.05, 3.63) is 27.5 Å². The normalized spacial score (nSPS) is 12.5. The zero-order valence-electron chi connectivity index (χ0n) is 7.50. The van der Waals surface area contributed by atoms with Crippen LogP contribution in [0.25, 0.3) is 0 Å². The molecule has 1 rings (SSSR count). The largest absolute Gasteiger partial charge is 0.481 e. The minimum absolute atomic E-state index is 0.0811. The minimum atomic E-state index is -0.822. The van der Waals surface area contributed by atoms with Gasteiger partial charge < -0.3 is 5.11 Å². The summed E-state index contributed by atoms with van der Waals surface area (Å²) in [4.78, 5) is 14.4. The van der Waals surface area contributed by atoms with Gasteiger partial charge in [0.2, 0.25) is 0 Å². The maximum atomic E-state index is 10.5. The van der Waals surface area contributed by atoms with Crippen molar-refractivity contribution in [3.8, 4) is 0 Å². The average molecular weight is 279 g/mol. The van der Waals surface area contributed by atoms with E-state index in [0.29, 0.717) is 5.15 Å². The lowest BCUT2D eigenvalue weighted by Gasteiger charge is -2.10. The quantitative estimate of drug-likeness (QED) is 0.865. The molecule has 0 aromatic carbocycles. The monoisotopic (exact) mass is 277 g/mol. The molecule has 0 spiro atoms. The molecule has 0 saturated heterocycles. The van der Waals surface area contributed by atoms with Crippen molar-refractivity contribution < 1.29 is 9.90 Å². The van der Waals surface area contributed by atoms with Gasteiger partial charge in [-0.15, -0.1) is 0 Å². The molecule has 1 unspecified atom stereocenters. The number of carboxylic acids is 1. The predicted molar refractivity (Wildman–Crippen MR) is 57.6 cm³/mol. The van der Waals surface area contributed by atoms with Gasteiger partial charge in [-0.3, -0.25) is 4.79 Å². The van der Waals surface area contributed by atoms with Gasteiger partial charge in [0, 0.05) is 10.7 Å². The van der Waals surface area contributed by atoms with Gasteiger partial charge in [0.25, 0.3) is 0 Å². The Morgan fingerprint density at radius 2 is 2.43 bits per heavy atom. The van der Waals surface area contributed by atoms with Crippen LogP contribution in [0.3, 0.4) is 0 Å². The summed E-state index contributed by atoms with van der Waals surface area (Å²) in [5, 5.41) is 9.02. The lowest BCUT2D eigenvalue weighted by Crippen LogP contribution is -2.03. The molecule has 1 heterocycles. The van der Waals surface area contributed by atoms with Crippen LogP contribution < -0.4 is 0 Å². The number of halogens is 2. The molecule has 0 radical (unpaired) electrons. The third kappa shape index (κ3) is 2.96. The van der Waals surface area contributed by atoms with E-state index in [2.05, 4.69) is 20.9 Å². The SMILES string of the molecule is CC(CC(=O)O)c1cc(Cl)ncc1Br. The molecule has 0 aliphatic heterocycles. The molecule has 0 amide bonds. The zero-order chi connectivity index (χ0) is 10.7. The molecule has 0 aliphatic carbocycles. The third-order valence-corrected chi connectivity index (χ3v) is 2.73. The van der Waals surface area contributed by atoms with E-state index < -0.39 is 5.97 Å². The molecule has 1 N–H and O–H groups in total. The highest BCUT2D eigenvalue weighted by molar-refractivity contribution is 9.10. The third-order valence-electron chi connectivity index (χ3n) is 1.86. The molecular weight excluding hydrogens is 269 g/mol. The first-order chi connectivity index (χ1) is 6.50. The van der Waals surface area contributed by atoms with Crippen LogP contribution in [-0.2, 0) is 4.79 Å². The lowest BCUT2D eigenvalue weighted by atomic mass is 9.99. The maximum Gasteiger partial charge on any atom is 0.303 e. The zero-order valence-corrected chi connectivity index (χ0v) is 9.84. The Bertz CT molecular complexity index is 357. The molecule has 1 atom stereocenters. The lowest BCUT2D eigenvalue weighted by molar-refractivity contribution is -0.137. The van der Waals surface area contributed by atoms with E-state index in [1.165, 1.54) is 0 Å². The first-order valence-electron chi connectivity index (χ1n) is 4.03. The van der Waals surface area contributed by atoms with Crippen LogP contribution in [0, 0.1) is 0 Å². The van der Waals surface area contributed by atoms with Crippen molar-refractivity contribution in [2.24, 2.45) is 0 Å². The van der Waals surface area contributed by atoms with Crippen LogP contribution in [0.5, 0.6) is 0 Å². The predicted octanol–water partition coefficient (Wildman–Crippen LogP) is 3.08. The van der Waals surface area contributed by atoms with E-state index in [9.17, 15) is 4.79 Å². The second-order valence-corrected chi connectivity index (χ2v) is 4.27. The second kappa shape index (κ2) is 4.75. The maximum absolute atomic E-state index is 10.5. The Morgan fingerprint density at radius 3 is 3.00 bits per heavy atom. The Balaban J connectivity index is 2.93. The van der Waals surface area contributed by atoms with Gasteiger partial charge in [0.05, 0.1) is 6.42 Å². The van der Waals surface area contributed by atoms with Crippen molar-refractivity contribution in [2.45, 2.75) is 19.3 Å². The molecule has 76 valence electrons. The molecule has 0 fully saturated rings. The average Bonchev–Trinajstić information content (AvgIpc) is 2.08. The number of nitrogens with zero attached hydrogens (tertiary/aromatic N) is 1. The summed E-state index contributed by atoms with van der Waals surface area (Å²) in [6, 6.07) is 1.68. The molecule has 1 aromatic heterocycles. The van der Waals surface area contributed by atoms with E-state index in [0.717, 1.165) is 10.0 Å². The highest BCUT2D eigenvalue weighted by Gasteiger charge is 2.13. The van der Waals surface area contributed by atoms with Crippen LogP contribution >= 0.6 is 27.5 Å². The number of aromatic nitrogens is 1. The highest BCUT2D eigenvalue weighted by Crippen LogP contribution is 2.28. The topological polar surface area (TPSA) is 50.2 Å². The van der Waals surface area contributed by atoms with Crippen molar-refractivity contribution in [3.63, 3.8) is 0 Å². The second-order valence-electron chi connectivity index (χ2n) is 3.03. The van der Waals surface area contributed by atoms with Crippen molar-refractivity contribution in [1.82, 2.24) is 4.98 Å². The standard InChI is InChI=1S/C9H9BrClNO2/c1-5(2-9(13)14)6-3-8(11)12-4-7(6)10/h3-5H,2H2,1H3,(H,13,14). The minimum Gasteiger partial charge on any atom is -0.481 e. The molecule has 1 aromatic rings. The first kappa shape index (κ1) is 11.5. The molecule has 14 heavy (non-hydrogen) atoms. The summed E-state index contributed by atoms with van der Waals surface area (Å²) in [6.45, 7) is 1.84. The van der Waals surface area contributed by atoms with Crippen LogP contribution in [0.2, 0.25) is 5.15 Å². The molecule has 0 saturated carbocycles. The Morgan fingerprint density at radius 1 is 1.79 bits per heavy atom. The van der Waals surface area contributed by atoms with Crippen molar-refractivity contribution in [1.29, 1.82) is 0 Å². The van der Waals surface area contributed by atoms with E-state index >= 15 is 0 Å². The molecular formula is C9H9BrClNO2. The van der Waals surface area contributed by atoms with Crippen LogP contribution in [0.1, 0.15) is 24.8 Å². The fraction of sp³-hybridized carbons (Fsp3) is 0.333. The van der Waals surface area contributed by atoms with Crippen molar-refractivity contribution in [2.75, 3.05) is 0 Å². The number of pyridine rings is 1. The van der Waals surface area contributed by atoms with Crippen LogP contribution in [0.15, 0.2) is 16.7 Å². The van der Waals surface area contributed by atoms with E-state index in [1.807, 2.05) is 6.92 Å². The van der Waals surface area contributed by atoms with Gasteiger partial charge in [-0.1, -0.05) is 18.5 Å². The summed E-state index contributed by atoms with van der Waals surface area (Å²) in [5.41, 5.74) is 0.868. The number of hydrogen-bond donors (Lipinski definition) is 1. The highest BCUT2D eigenvalue weighted by atomic mass is 79.9. The summed E-state index contributed by atoms with van der Waals surface area (Å²) in [5.74, 6) is -0.903. The number of carboxylic acid groups (broad SMARTS) is 1. The summed E-state index contributed by atoms with van der Waals surface area (Å²) >= 11 is 9.02. The van der Waals surface area contributed by atoms with Gasteiger partial charge in [0.15, 0.2) is 0 Å². The fourth-order valence-electron chi connectivity index (χ4n) is 1.18. The molecule has 3 nitrogen and oxygen atoms in total. The first-order valence-corrected chi connectivity index (χ1v) is 5.20. The molecule has 5 heteroatoms. The van der Waals surface area contributed by atoms with E-state index in [1.54, 1.807) is 12.3 Å². The van der Waals surface area contributed by atoms with E-state index in [-0.39, 0.29) is 12.3 Å². The van der Waals surface area contributed by atoms with Crippen LogP contribution in [-0.4, -0.2) is 16.1 Å². The van der Waals surface area contributed by atoms with Crippen LogP contribution in [0.4, 0.5) is 0 Å². The molecule has 0 aliphatic rings. The smallest absolute Gasteiger partial charge is 0.303 e. The molecule has 0 bridgehead atoms. The van der Waals surface area contributed by atoms with E-state index in [4.69, 9.17) is 16.7 Å². The van der Waals surface area contributed by atoms with Crippen molar-refractivity contribution >= 4 is 33.5 Å². The summed E-state index contributed by atoms with van der Waals surface area (Å²) < 4.78 is 0.788. The Labute approximate surface area is 95.2 Å². The van der Waals surface area contributed by atoms with Gasteiger partial charge in [-0.25, -0.2) is 4.98 Å². The van der Waals surface area contributed by atoms with Gasteiger partial charge in [-0.2, -0.15) is 0 Å². The summed E-state index contributed by atoms with van der Waals surface area (Å²) in [6.07, 6.45) is 1.66. The fourth-order valence-corrected chi connectivity index (χ4v) is 1.95. The Hall–Kier alpha value is -0.610. The Kier molecular flexibility index (Phi) is 3.89. The van der Waals surface area contributed by atoms with Gasteiger partial charge in [0.1, 0.15) is 5.15 Å². The number of rotatable bonds is 3.